The fourth-order valence-electron chi connectivity index (χ4n) is 3.22. The van der Waals surface area contributed by atoms with Gasteiger partial charge in [-0.2, -0.15) is 4.98 Å². The molecule has 1 aromatic heterocycles. The van der Waals surface area contributed by atoms with Crippen molar-refractivity contribution < 1.29 is 4.52 Å². The van der Waals surface area contributed by atoms with E-state index in [-0.39, 0.29) is 4.75 Å². The molecule has 0 aliphatic heterocycles. The van der Waals surface area contributed by atoms with Gasteiger partial charge >= 0.3 is 6.01 Å². The van der Waals surface area contributed by atoms with Gasteiger partial charge in [0.1, 0.15) is 0 Å². The quantitative estimate of drug-likeness (QED) is 0.687. The summed E-state index contributed by atoms with van der Waals surface area (Å²) in [6, 6.07) is 11.2. The molecule has 3 rings (SSSR count). The largest absolute Gasteiger partial charge is 0.335 e. The van der Waals surface area contributed by atoms with E-state index in [0.717, 1.165) is 31.1 Å². The Morgan fingerprint density at radius 2 is 1.85 bits per heavy atom. The minimum Gasteiger partial charge on any atom is -0.335 e. The predicted octanol–water partition coefficient (Wildman–Crippen LogP) is 4.67. The van der Waals surface area contributed by atoms with Crippen LogP contribution in [-0.4, -0.2) is 27.5 Å². The molecule has 0 saturated heterocycles. The number of hydrogen-bond acceptors (Lipinski definition) is 6. The number of anilines is 1. The maximum absolute atomic E-state index is 5.38. The van der Waals surface area contributed by atoms with Gasteiger partial charge in [-0.1, -0.05) is 47.4 Å². The van der Waals surface area contributed by atoms with Crippen molar-refractivity contribution in [1.29, 1.82) is 0 Å². The van der Waals surface area contributed by atoms with Crippen LogP contribution in [0.15, 0.2) is 34.9 Å². The van der Waals surface area contributed by atoms with Crippen molar-refractivity contribution >= 4 is 18.0 Å². The molecule has 0 radical (unpaired) electrons. The Hall–Kier alpha value is -1.53. The van der Waals surface area contributed by atoms with Gasteiger partial charge in [-0.05, 0) is 57.9 Å². The molecule has 0 spiro atoms. The number of hydrogen-bond donors (Lipinski definition) is 2. The van der Waals surface area contributed by atoms with Crippen LogP contribution in [0.4, 0.5) is 6.01 Å². The smallest absolute Gasteiger partial charge is 0.321 e. The molecule has 26 heavy (non-hydrogen) atoms. The van der Waals surface area contributed by atoms with Crippen LogP contribution in [-0.2, 0) is 6.42 Å². The molecule has 2 N–H and O–H groups in total. The van der Waals surface area contributed by atoms with Gasteiger partial charge in [0.25, 0.3) is 0 Å². The number of aromatic nitrogens is 2. The summed E-state index contributed by atoms with van der Waals surface area (Å²) in [6.07, 6.45) is 5.49. The second kappa shape index (κ2) is 8.91. The van der Waals surface area contributed by atoms with Crippen molar-refractivity contribution in [3.8, 4) is 0 Å². The van der Waals surface area contributed by atoms with Gasteiger partial charge in [0, 0.05) is 23.8 Å². The van der Waals surface area contributed by atoms with Crippen LogP contribution < -0.4 is 10.0 Å². The summed E-state index contributed by atoms with van der Waals surface area (Å²) < 4.78 is 9.19. The zero-order valence-corrected chi connectivity index (χ0v) is 16.8. The van der Waals surface area contributed by atoms with Crippen LogP contribution in [0, 0.1) is 5.92 Å². The number of rotatable bonds is 7. The highest BCUT2D eigenvalue weighted by atomic mass is 32.2. The van der Waals surface area contributed by atoms with Gasteiger partial charge in [0.2, 0.25) is 0 Å². The highest BCUT2D eigenvalue weighted by molar-refractivity contribution is 7.98. The number of nitrogens with zero attached hydrogens (tertiary/aromatic N) is 2. The van der Waals surface area contributed by atoms with E-state index in [4.69, 9.17) is 4.52 Å². The predicted molar refractivity (Wildman–Crippen MR) is 108 cm³/mol. The van der Waals surface area contributed by atoms with Crippen molar-refractivity contribution in [2.45, 2.75) is 63.7 Å². The third-order valence-corrected chi connectivity index (χ3v) is 5.52. The molecule has 0 unspecified atom stereocenters. The summed E-state index contributed by atoms with van der Waals surface area (Å²) in [7, 11) is 0. The van der Waals surface area contributed by atoms with Crippen molar-refractivity contribution in [2.24, 2.45) is 5.92 Å². The van der Waals surface area contributed by atoms with E-state index in [1.165, 1.54) is 18.4 Å². The molecule has 0 amide bonds. The van der Waals surface area contributed by atoms with Crippen LogP contribution in [0.5, 0.6) is 0 Å². The SMILES string of the molecule is CC(C)(C)SNCC1CCC(Nc2nc(Cc3ccccc3)no2)CC1. The molecular formula is C20H30N4OS. The van der Waals surface area contributed by atoms with Crippen molar-refractivity contribution in [3.63, 3.8) is 0 Å². The first-order chi connectivity index (χ1) is 12.5. The molecule has 142 valence electrons. The zero-order chi connectivity index (χ0) is 18.4. The van der Waals surface area contributed by atoms with Gasteiger partial charge in [-0.15, -0.1) is 0 Å². The molecule has 1 fully saturated rings. The molecule has 1 aliphatic carbocycles. The lowest BCUT2D eigenvalue weighted by atomic mass is 9.86. The normalized spacial score (nSPS) is 20.9. The van der Waals surface area contributed by atoms with E-state index in [1.54, 1.807) is 0 Å². The summed E-state index contributed by atoms with van der Waals surface area (Å²) in [5, 5.41) is 7.52. The Morgan fingerprint density at radius 1 is 1.12 bits per heavy atom. The number of nitrogens with one attached hydrogen (secondary N) is 2. The maximum atomic E-state index is 5.38. The third-order valence-electron chi connectivity index (χ3n) is 4.60. The second-order valence-electron chi connectivity index (χ2n) is 8.10. The fourth-order valence-corrected chi connectivity index (χ4v) is 3.98. The molecule has 1 aliphatic rings. The standard InChI is InChI=1S/C20H30N4OS/c1-20(2,3)26-21-14-16-9-11-17(12-10-16)22-19-23-18(24-25-19)13-15-7-5-4-6-8-15/h4-8,16-17,21H,9-14H2,1-3H3,(H,22,23,24). The minimum atomic E-state index is 0.272. The summed E-state index contributed by atoms with van der Waals surface area (Å²) in [5.74, 6) is 1.50. The lowest BCUT2D eigenvalue weighted by Gasteiger charge is -2.29. The molecule has 1 aromatic carbocycles. The molecule has 6 heteroatoms. The number of benzene rings is 1. The fraction of sp³-hybridized carbons (Fsp3) is 0.600. The van der Waals surface area contributed by atoms with E-state index in [1.807, 2.05) is 30.1 Å². The highest BCUT2D eigenvalue weighted by Gasteiger charge is 2.23. The molecule has 2 aromatic rings. The molecule has 1 heterocycles. The lowest BCUT2D eigenvalue weighted by molar-refractivity contribution is 0.331. The summed E-state index contributed by atoms with van der Waals surface area (Å²) in [6.45, 7) is 7.81. The average Bonchev–Trinajstić information content (AvgIpc) is 3.03. The lowest BCUT2D eigenvalue weighted by Crippen LogP contribution is -2.30. The Bertz CT molecular complexity index is 660. The first kappa shape index (κ1) is 19.2. The van der Waals surface area contributed by atoms with Crippen molar-refractivity contribution in [1.82, 2.24) is 14.9 Å². The van der Waals surface area contributed by atoms with E-state index in [0.29, 0.717) is 18.5 Å². The Balaban J connectivity index is 1.39. The molecule has 0 bridgehead atoms. The first-order valence-electron chi connectivity index (χ1n) is 9.52. The van der Waals surface area contributed by atoms with E-state index in [9.17, 15) is 0 Å². The molecule has 0 atom stereocenters. The Morgan fingerprint density at radius 3 is 2.54 bits per heavy atom. The van der Waals surface area contributed by atoms with E-state index in [2.05, 4.69) is 53.1 Å². The van der Waals surface area contributed by atoms with Crippen LogP contribution in [0.1, 0.15) is 57.8 Å². The van der Waals surface area contributed by atoms with Crippen LogP contribution >= 0.6 is 11.9 Å². The van der Waals surface area contributed by atoms with Gasteiger partial charge in [-0.25, -0.2) is 0 Å². The maximum Gasteiger partial charge on any atom is 0.321 e. The first-order valence-corrected chi connectivity index (χ1v) is 10.3. The van der Waals surface area contributed by atoms with Crippen molar-refractivity contribution in [2.75, 3.05) is 11.9 Å². The van der Waals surface area contributed by atoms with Gasteiger partial charge in [0.05, 0.1) is 0 Å². The second-order valence-corrected chi connectivity index (χ2v) is 9.82. The molecule has 1 saturated carbocycles. The summed E-state index contributed by atoms with van der Waals surface area (Å²) in [5.41, 5.74) is 1.20. The van der Waals surface area contributed by atoms with Gasteiger partial charge in [0.15, 0.2) is 5.82 Å². The van der Waals surface area contributed by atoms with E-state index < -0.39 is 0 Å². The van der Waals surface area contributed by atoms with Crippen molar-refractivity contribution in [3.05, 3.63) is 41.7 Å². The van der Waals surface area contributed by atoms with Gasteiger partial charge in [-0.3, -0.25) is 4.72 Å². The highest BCUT2D eigenvalue weighted by Crippen LogP contribution is 2.27. The summed E-state index contributed by atoms with van der Waals surface area (Å²) in [4.78, 5) is 4.49. The Kier molecular flexibility index (Phi) is 6.59. The van der Waals surface area contributed by atoms with Crippen LogP contribution in [0.25, 0.3) is 0 Å². The Labute approximate surface area is 160 Å². The van der Waals surface area contributed by atoms with Crippen LogP contribution in [0.2, 0.25) is 0 Å². The van der Waals surface area contributed by atoms with Gasteiger partial charge < -0.3 is 9.84 Å². The van der Waals surface area contributed by atoms with E-state index >= 15 is 0 Å². The molecular weight excluding hydrogens is 344 g/mol. The zero-order valence-electron chi connectivity index (χ0n) is 16.0. The monoisotopic (exact) mass is 374 g/mol. The average molecular weight is 375 g/mol. The van der Waals surface area contributed by atoms with Crippen LogP contribution in [0.3, 0.4) is 0 Å². The topological polar surface area (TPSA) is 63.0 Å². The summed E-state index contributed by atoms with van der Waals surface area (Å²) >= 11 is 1.84. The minimum absolute atomic E-state index is 0.272. The molecule has 5 nitrogen and oxygen atoms in total. The third kappa shape index (κ3) is 6.32.